The zero-order valence-corrected chi connectivity index (χ0v) is 72.3. The van der Waals surface area contributed by atoms with Crippen molar-refractivity contribution >= 4 is 102 Å². The number of likely N-dealkylation sites (N-methyl/N-ethyl adjacent to an activating group) is 1. The maximum Gasteiger partial charge on any atom is 0.306 e. The van der Waals surface area contributed by atoms with Crippen LogP contribution in [0.5, 0.6) is 11.5 Å². The lowest BCUT2D eigenvalue weighted by molar-refractivity contribution is -0.145. The number of aliphatic imine (C=N–C) groups is 4. The highest BCUT2D eigenvalue weighted by molar-refractivity contribution is 6.76. The van der Waals surface area contributed by atoms with Crippen LogP contribution in [0.1, 0.15) is 188 Å². The highest BCUT2D eigenvalue weighted by Gasteiger charge is 2.44. The molecule has 2 saturated heterocycles. The van der Waals surface area contributed by atoms with Crippen molar-refractivity contribution in [1.29, 1.82) is 0 Å². The molecule has 118 heavy (non-hydrogen) atoms. The molecule has 2 aromatic carbocycles. The second-order valence-electron chi connectivity index (χ2n) is 34.3. The van der Waals surface area contributed by atoms with Crippen molar-refractivity contribution in [3.8, 4) is 11.5 Å². The van der Waals surface area contributed by atoms with Gasteiger partial charge in [0.1, 0.15) is 17.3 Å². The molecule has 13 atom stereocenters. The summed E-state index contributed by atoms with van der Waals surface area (Å²) in [6, 6.07) is 7.75. The molecule has 2 heterocycles. The number of amides is 4. The molecule has 2 aromatic rings. The van der Waals surface area contributed by atoms with Crippen molar-refractivity contribution in [1.82, 2.24) is 25.8 Å². The van der Waals surface area contributed by atoms with Crippen LogP contribution >= 0.6 is 0 Å². The van der Waals surface area contributed by atoms with Crippen molar-refractivity contribution < 1.29 is 78.0 Å². The van der Waals surface area contributed by atoms with Crippen molar-refractivity contribution in [2.24, 2.45) is 124 Å². The number of nitrogens with one attached hydrogen (secondary N) is 3. The molecule has 34 nitrogen and oxygen atoms in total. The van der Waals surface area contributed by atoms with E-state index in [-0.39, 0.29) is 172 Å². The lowest BCUT2D eigenvalue weighted by atomic mass is 9.80. The number of rotatable bonds is 53. The second-order valence-corrected chi connectivity index (χ2v) is 39.8. The van der Waals surface area contributed by atoms with Gasteiger partial charge in [0.15, 0.2) is 52.8 Å². The van der Waals surface area contributed by atoms with Crippen LogP contribution in [0.4, 0.5) is 0 Å². The van der Waals surface area contributed by atoms with E-state index >= 15 is 0 Å². The number of benzene rings is 2. The van der Waals surface area contributed by atoms with Gasteiger partial charge in [0.05, 0.1) is 48.1 Å². The molecule has 4 amide bonds. The molecule has 25 N–H and O–H groups in total. The van der Waals surface area contributed by atoms with Gasteiger partial charge in [-0.05, 0) is 162 Å². The van der Waals surface area contributed by atoms with Crippen LogP contribution in [-0.4, -0.2) is 215 Å². The number of likely N-dealkylation sites (tertiary alicyclic amines) is 2. The van der Waals surface area contributed by atoms with Crippen molar-refractivity contribution in [3.05, 3.63) is 59.7 Å². The van der Waals surface area contributed by atoms with Gasteiger partial charge in [0.25, 0.3) is 0 Å². The summed E-state index contributed by atoms with van der Waals surface area (Å²) in [6.45, 7) is 20.6. The molecule has 2 aliphatic rings. The number of nitrogens with zero attached hydrogens (tertiary/aromatic N) is 6. The molecule has 0 spiro atoms. The van der Waals surface area contributed by atoms with Crippen LogP contribution in [-0.2, 0) is 70.4 Å². The second kappa shape index (κ2) is 50.8. The Labute approximate surface area is 696 Å². The van der Waals surface area contributed by atoms with Gasteiger partial charge in [-0.25, -0.2) is 0 Å². The molecular weight excluding hydrogens is 1530 g/mol. The first-order valence-electron chi connectivity index (χ1n) is 41.3. The zero-order chi connectivity index (χ0) is 88.9. The number of phenols is 2. The van der Waals surface area contributed by atoms with Crippen LogP contribution in [0, 0.1) is 52.8 Å². The quantitative estimate of drug-likeness (QED) is 0.0192. The average molecular weight is 1670 g/mol. The van der Waals surface area contributed by atoms with Crippen LogP contribution < -0.4 is 67.6 Å². The van der Waals surface area contributed by atoms with E-state index in [9.17, 15) is 78.0 Å². The SMILES string of the molecule is CCC(C)[C@H](NC(=O)[C@@H](CC(=O)[C@@H]1CCCN1C(=O)[C@H](CCCN=C(N)N)CC(=O)[C@H](N)CCCN=C(N)N)Cc1ccc(O)cc1)C(=O)C[C@@H](C[Si](C)(C)C)C(=O)O.CN[C@@H](CCCN=C(N)N)C(=O)C[C@@H](CCCN=C(N)N)C(=O)N1CCC[C@H]1C(=O)C[C@@H](Cc1ccc(O)cc1)C(=O)N[C@H](C(=O)C[C@@H](CC(C)C)C(=O)O)C(C)(C)C. The molecule has 4 rings (SSSR count). The van der Waals surface area contributed by atoms with E-state index in [4.69, 9.17) is 51.6 Å². The fraction of sp³-hybridized carbons (Fsp3) is 0.663. The minimum absolute atomic E-state index is 0.0250. The van der Waals surface area contributed by atoms with Gasteiger partial charge in [0.2, 0.25) is 23.6 Å². The molecule has 35 heteroatoms. The average Bonchev–Trinajstić information content (AvgIpc) is 1.37. The monoisotopic (exact) mass is 1670 g/mol. The molecule has 660 valence electrons. The normalized spacial score (nSPS) is 16.9. The fourth-order valence-electron chi connectivity index (χ4n) is 15.1. The number of phenolic OH excluding ortho intramolecular Hbond substituents is 2. The van der Waals surface area contributed by atoms with Gasteiger partial charge < -0.3 is 97.8 Å². The predicted molar refractivity (Wildman–Crippen MR) is 458 cm³/mol. The van der Waals surface area contributed by atoms with Gasteiger partial charge in [-0.2, -0.15) is 0 Å². The Bertz CT molecular complexity index is 3750. The van der Waals surface area contributed by atoms with Crippen LogP contribution in [0.15, 0.2) is 68.5 Å². The molecular formula is C83H138N18O16Si. The summed E-state index contributed by atoms with van der Waals surface area (Å²) in [7, 11) is -0.192. The molecule has 1 unspecified atom stereocenters. The van der Waals surface area contributed by atoms with Crippen LogP contribution in [0.25, 0.3) is 0 Å². The number of Topliss-reactive ketones (excluding diaryl/α,β-unsaturated/α-hetero) is 6. The highest BCUT2D eigenvalue weighted by atomic mass is 28.3. The Balaban J connectivity index is 0.000000610. The summed E-state index contributed by atoms with van der Waals surface area (Å²) in [5.41, 5.74) is 50.4. The molecule has 0 aromatic heterocycles. The van der Waals surface area contributed by atoms with Crippen LogP contribution in [0.3, 0.4) is 0 Å². The molecule has 0 bridgehead atoms. The number of carboxylic acids is 2. The summed E-state index contributed by atoms with van der Waals surface area (Å²) >= 11 is 0. The van der Waals surface area contributed by atoms with Gasteiger partial charge in [-0.15, -0.1) is 0 Å². The van der Waals surface area contributed by atoms with E-state index in [0.717, 1.165) is 0 Å². The van der Waals surface area contributed by atoms with E-state index in [1.54, 1.807) is 52.1 Å². The number of ketones is 6. The third-order valence-corrected chi connectivity index (χ3v) is 23.2. The summed E-state index contributed by atoms with van der Waals surface area (Å²) < 4.78 is 0. The van der Waals surface area contributed by atoms with Gasteiger partial charge >= 0.3 is 11.9 Å². The summed E-state index contributed by atoms with van der Waals surface area (Å²) in [5, 5.41) is 48.4. The number of guanidine groups is 4. The van der Waals surface area contributed by atoms with Gasteiger partial charge in [-0.3, -0.25) is 77.5 Å². The Morgan fingerprint density at radius 3 is 1.26 bits per heavy atom. The van der Waals surface area contributed by atoms with Crippen molar-refractivity contribution in [2.45, 2.75) is 252 Å². The number of nitrogens with two attached hydrogens (primary N) is 9. The van der Waals surface area contributed by atoms with E-state index in [2.05, 4.69) is 35.9 Å². The largest absolute Gasteiger partial charge is 0.508 e. The Kier molecular flexibility index (Phi) is 44.0. The number of carbonyl (C=O) groups is 12. The Hall–Kier alpha value is -9.90. The molecule has 2 aliphatic heterocycles. The topological polar surface area (TPSA) is 612 Å². The first-order valence-corrected chi connectivity index (χ1v) is 45.0. The smallest absolute Gasteiger partial charge is 0.306 e. The number of carboxylic acid groups (broad SMARTS) is 2. The third kappa shape index (κ3) is 37.4. The minimum atomic E-state index is -1.86. The first kappa shape index (κ1) is 102. The van der Waals surface area contributed by atoms with Crippen molar-refractivity contribution in [3.63, 3.8) is 0 Å². The van der Waals surface area contributed by atoms with Gasteiger partial charge in [-0.1, -0.05) is 98.8 Å². The summed E-state index contributed by atoms with van der Waals surface area (Å²) in [4.78, 5) is 183. The summed E-state index contributed by atoms with van der Waals surface area (Å²) in [5.74, 6) is -11.8. The molecule has 0 saturated carbocycles. The number of hydrogen-bond donors (Lipinski definition) is 16. The maximum atomic E-state index is 14.3. The predicted octanol–water partition coefficient (Wildman–Crippen LogP) is 4.05. The van der Waals surface area contributed by atoms with Gasteiger partial charge in [0, 0.05) is 110 Å². The molecule has 0 aliphatic carbocycles. The van der Waals surface area contributed by atoms with E-state index < -0.39 is 115 Å². The van der Waals surface area contributed by atoms with E-state index in [1.807, 2.05) is 47.3 Å². The standard InChI is InChI=1S/C42H69N9O8.C41H69N9O8Si/c1-25(2)20-29(39(58)59)24-35(55)36(42(3,4)5)50-37(56)28(21-26-13-15-30(52)16-14-26)23-34(54)32-12-9-19-51(32)38(57)27(10-7-17-48-40(43)44)22-33(53)31(47-6)11-8-18-49-41(45)46;1-6-25(2)36(35(54)23-29(39(57)58)24-59(3,4)5)49-37(55)28(20-26-13-15-30(51)16-14-26)22-34(53)32-12-9-19-50(32)38(56)27(10-7-17-47-40(43)44)21-33(52)31(42)11-8-18-48-41(45)46/h13-16,25,27-29,31-32,36,47,52H,7-12,17-24H2,1-6H3,(H,50,56)(H,58,59)(H4,43,44,48)(H4,45,46,49);13-16,25,27-29,31-32,36,51H,6-12,17-24,42H2,1-5H3,(H,49,55)(H,57,58)(H4,43,44,47)(H4,45,46,48)/t27-,28-,29-,31+,32+,36-;25?,27-,28-,29+,31-,32+,36+/m11/s1. The van der Waals surface area contributed by atoms with Crippen molar-refractivity contribution in [2.75, 3.05) is 46.3 Å². The number of hydrogen-bond acceptors (Lipinski definition) is 20. The Morgan fingerprint density at radius 2 is 0.890 bits per heavy atom. The number of aromatic hydroxyl groups is 2. The number of carbonyl (C=O) groups excluding carboxylic acids is 10. The lowest BCUT2D eigenvalue weighted by Gasteiger charge is -2.33. The molecule has 0 radical (unpaired) electrons. The minimum Gasteiger partial charge on any atom is -0.508 e. The fourth-order valence-corrected chi connectivity index (χ4v) is 16.9. The highest BCUT2D eigenvalue weighted by Crippen LogP contribution is 2.33. The van der Waals surface area contributed by atoms with E-state index in [1.165, 1.54) is 34.1 Å². The Morgan fingerprint density at radius 1 is 0.508 bits per heavy atom. The lowest BCUT2D eigenvalue weighted by Crippen LogP contribution is -2.52. The third-order valence-electron chi connectivity index (χ3n) is 21.5. The molecule has 2 fully saturated rings. The maximum absolute atomic E-state index is 14.3. The first-order chi connectivity index (χ1) is 55.3. The van der Waals surface area contributed by atoms with E-state index in [0.29, 0.717) is 114 Å². The zero-order valence-electron chi connectivity index (χ0n) is 71.3. The summed E-state index contributed by atoms with van der Waals surface area (Å²) in [6.07, 6.45) is 4.65. The number of aliphatic carboxylic acids is 2. The van der Waals surface area contributed by atoms with Crippen LogP contribution in [0.2, 0.25) is 25.7 Å².